The highest BCUT2D eigenvalue weighted by atomic mass is 16.5. The van der Waals surface area contributed by atoms with Gasteiger partial charge >= 0.3 is 0 Å². The lowest BCUT2D eigenvalue weighted by Gasteiger charge is -2.20. The molecule has 0 radical (unpaired) electrons. The van der Waals surface area contributed by atoms with E-state index in [1.54, 1.807) is 21.3 Å². The van der Waals surface area contributed by atoms with Crippen molar-refractivity contribution in [3.05, 3.63) is 53.6 Å². The zero-order chi connectivity index (χ0) is 17.8. The Morgan fingerprint density at radius 1 is 0.960 bits per heavy atom. The Kier molecular flexibility index (Phi) is 5.46. The van der Waals surface area contributed by atoms with Crippen LogP contribution in [0.2, 0.25) is 0 Å². The fourth-order valence-corrected chi connectivity index (χ4v) is 3.55. The van der Waals surface area contributed by atoms with Gasteiger partial charge in [0, 0.05) is 43.7 Å². The monoisotopic (exact) mass is 342 g/mol. The lowest BCUT2D eigenvalue weighted by atomic mass is 9.95. The second kappa shape index (κ2) is 7.76. The molecule has 0 spiro atoms. The number of rotatable bonds is 6. The number of ether oxygens (including phenoxy) is 3. The molecule has 1 aliphatic heterocycles. The maximum atomic E-state index is 6.42. The molecule has 134 valence electrons. The summed E-state index contributed by atoms with van der Waals surface area (Å²) in [5, 5.41) is 0. The Hall–Kier alpha value is -2.24. The van der Waals surface area contributed by atoms with Gasteiger partial charge in [0.1, 0.15) is 17.2 Å². The van der Waals surface area contributed by atoms with Gasteiger partial charge in [0.25, 0.3) is 0 Å². The minimum absolute atomic E-state index is 0.123. The van der Waals surface area contributed by atoms with E-state index in [0.29, 0.717) is 5.92 Å². The summed E-state index contributed by atoms with van der Waals surface area (Å²) >= 11 is 0. The van der Waals surface area contributed by atoms with Crippen LogP contribution in [0.4, 0.5) is 0 Å². The second-order valence-corrected chi connectivity index (χ2v) is 6.39. The molecule has 0 aliphatic carbocycles. The van der Waals surface area contributed by atoms with Crippen LogP contribution >= 0.6 is 0 Å². The number of methoxy groups -OCH3 is 3. The van der Waals surface area contributed by atoms with Crippen LogP contribution < -0.4 is 19.9 Å². The molecule has 0 saturated carbocycles. The van der Waals surface area contributed by atoms with Crippen molar-refractivity contribution in [1.29, 1.82) is 0 Å². The van der Waals surface area contributed by atoms with Gasteiger partial charge in [-0.05, 0) is 5.56 Å². The average Bonchev–Trinajstić information content (AvgIpc) is 3.02. The molecule has 0 unspecified atom stereocenters. The molecule has 1 saturated heterocycles. The molecule has 0 aromatic heterocycles. The highest BCUT2D eigenvalue weighted by Gasteiger charge is 2.32. The van der Waals surface area contributed by atoms with E-state index in [1.165, 1.54) is 5.56 Å². The average molecular weight is 342 g/mol. The third-order valence-corrected chi connectivity index (χ3v) is 4.87. The van der Waals surface area contributed by atoms with Crippen molar-refractivity contribution in [3.63, 3.8) is 0 Å². The zero-order valence-corrected chi connectivity index (χ0v) is 15.1. The Balaban J connectivity index is 1.81. The first-order valence-electron chi connectivity index (χ1n) is 8.48. The molecular formula is C20H26N2O3. The van der Waals surface area contributed by atoms with Crippen LogP contribution in [0.5, 0.6) is 17.2 Å². The smallest absolute Gasteiger partial charge is 0.130 e. The standard InChI is InChI=1S/C20H26N2O3/c1-23-15-9-19(24-2)17(20(10-15)25-3)12-22-11-16(18(21)13-22)14-7-5-4-6-8-14/h4-10,16,18H,11-13,21H2,1-3H3/t16-,18+/m0/s1. The number of hydrogen-bond donors (Lipinski definition) is 1. The normalized spacial score (nSPS) is 20.5. The van der Waals surface area contributed by atoms with Crippen LogP contribution in [0.3, 0.4) is 0 Å². The molecule has 2 aromatic rings. The van der Waals surface area contributed by atoms with E-state index in [2.05, 4.69) is 29.2 Å². The minimum atomic E-state index is 0.123. The molecule has 0 amide bonds. The van der Waals surface area contributed by atoms with Crippen LogP contribution in [-0.4, -0.2) is 45.4 Å². The van der Waals surface area contributed by atoms with E-state index >= 15 is 0 Å². The summed E-state index contributed by atoms with van der Waals surface area (Å²) < 4.78 is 16.4. The van der Waals surface area contributed by atoms with Crippen molar-refractivity contribution in [2.45, 2.75) is 18.5 Å². The van der Waals surface area contributed by atoms with Gasteiger partial charge in [0.2, 0.25) is 0 Å². The molecule has 5 heteroatoms. The van der Waals surface area contributed by atoms with Crippen LogP contribution in [0.25, 0.3) is 0 Å². The molecule has 3 rings (SSSR count). The number of likely N-dealkylation sites (tertiary alicyclic amines) is 1. The highest BCUT2D eigenvalue weighted by molar-refractivity contribution is 5.50. The number of benzene rings is 2. The first-order chi connectivity index (χ1) is 12.2. The molecule has 1 aliphatic rings. The van der Waals surface area contributed by atoms with Gasteiger partial charge in [0.15, 0.2) is 0 Å². The SMILES string of the molecule is COc1cc(OC)c(CN2C[C@@H](N)[C@H](c3ccccc3)C2)c(OC)c1. The topological polar surface area (TPSA) is 57.0 Å². The minimum Gasteiger partial charge on any atom is -0.496 e. The number of nitrogens with two attached hydrogens (primary N) is 1. The van der Waals surface area contributed by atoms with Gasteiger partial charge in [-0.25, -0.2) is 0 Å². The van der Waals surface area contributed by atoms with Gasteiger partial charge in [0.05, 0.1) is 26.9 Å². The van der Waals surface area contributed by atoms with E-state index in [9.17, 15) is 0 Å². The van der Waals surface area contributed by atoms with Crippen molar-refractivity contribution < 1.29 is 14.2 Å². The first-order valence-corrected chi connectivity index (χ1v) is 8.48. The van der Waals surface area contributed by atoms with Crippen LogP contribution in [0.15, 0.2) is 42.5 Å². The van der Waals surface area contributed by atoms with Crippen molar-refractivity contribution in [1.82, 2.24) is 4.90 Å². The van der Waals surface area contributed by atoms with Crippen molar-refractivity contribution in [3.8, 4) is 17.2 Å². The van der Waals surface area contributed by atoms with Crippen molar-refractivity contribution >= 4 is 0 Å². The Morgan fingerprint density at radius 2 is 1.60 bits per heavy atom. The van der Waals surface area contributed by atoms with Gasteiger partial charge < -0.3 is 19.9 Å². The van der Waals surface area contributed by atoms with Crippen LogP contribution in [0.1, 0.15) is 17.0 Å². The second-order valence-electron chi connectivity index (χ2n) is 6.39. The van der Waals surface area contributed by atoms with E-state index in [-0.39, 0.29) is 6.04 Å². The Bertz CT molecular complexity index is 680. The maximum Gasteiger partial charge on any atom is 0.130 e. The van der Waals surface area contributed by atoms with Crippen LogP contribution in [-0.2, 0) is 6.54 Å². The highest BCUT2D eigenvalue weighted by Crippen LogP contribution is 2.36. The van der Waals surface area contributed by atoms with Crippen molar-refractivity contribution in [2.75, 3.05) is 34.4 Å². The molecule has 1 heterocycles. The van der Waals surface area contributed by atoms with E-state index in [4.69, 9.17) is 19.9 Å². The molecule has 0 bridgehead atoms. The van der Waals surface area contributed by atoms with Crippen LogP contribution in [0, 0.1) is 0 Å². The van der Waals surface area contributed by atoms with Crippen molar-refractivity contribution in [2.24, 2.45) is 5.73 Å². The summed E-state index contributed by atoms with van der Waals surface area (Å²) in [5.41, 5.74) is 8.74. The third kappa shape index (κ3) is 3.72. The largest absolute Gasteiger partial charge is 0.496 e. The summed E-state index contributed by atoms with van der Waals surface area (Å²) in [6.45, 7) is 2.49. The number of hydrogen-bond acceptors (Lipinski definition) is 5. The summed E-state index contributed by atoms with van der Waals surface area (Å²) in [5.74, 6) is 2.61. The third-order valence-electron chi connectivity index (χ3n) is 4.87. The molecular weight excluding hydrogens is 316 g/mol. The lowest BCUT2D eigenvalue weighted by Crippen LogP contribution is -2.28. The number of nitrogens with zero attached hydrogens (tertiary/aromatic N) is 1. The summed E-state index contributed by atoms with van der Waals surface area (Å²) in [6.07, 6.45) is 0. The summed E-state index contributed by atoms with van der Waals surface area (Å²) in [6, 6.07) is 14.4. The quantitative estimate of drug-likeness (QED) is 0.875. The Morgan fingerprint density at radius 3 is 2.16 bits per heavy atom. The van der Waals surface area contributed by atoms with Gasteiger partial charge in [-0.3, -0.25) is 4.90 Å². The van der Waals surface area contributed by atoms with E-state index < -0.39 is 0 Å². The van der Waals surface area contributed by atoms with Gasteiger partial charge in [-0.2, -0.15) is 0 Å². The molecule has 2 aromatic carbocycles. The fourth-order valence-electron chi connectivity index (χ4n) is 3.55. The van der Waals surface area contributed by atoms with Gasteiger partial charge in [-0.15, -0.1) is 0 Å². The predicted molar refractivity (Wildman–Crippen MR) is 98.5 cm³/mol. The maximum absolute atomic E-state index is 6.42. The molecule has 2 N–H and O–H groups in total. The predicted octanol–water partition coefficient (Wildman–Crippen LogP) is 2.64. The first kappa shape index (κ1) is 17.6. The molecule has 1 fully saturated rings. The molecule has 2 atom stereocenters. The fraction of sp³-hybridized carbons (Fsp3) is 0.400. The zero-order valence-electron chi connectivity index (χ0n) is 15.1. The summed E-state index contributed by atoms with van der Waals surface area (Å²) in [4.78, 5) is 2.36. The van der Waals surface area contributed by atoms with E-state index in [0.717, 1.165) is 42.4 Å². The summed E-state index contributed by atoms with van der Waals surface area (Å²) in [7, 11) is 4.97. The molecule has 25 heavy (non-hydrogen) atoms. The lowest BCUT2D eigenvalue weighted by molar-refractivity contribution is 0.302. The molecule has 5 nitrogen and oxygen atoms in total. The Labute approximate surface area is 149 Å². The van der Waals surface area contributed by atoms with E-state index in [1.807, 2.05) is 18.2 Å². The van der Waals surface area contributed by atoms with Gasteiger partial charge in [-0.1, -0.05) is 30.3 Å².